The van der Waals surface area contributed by atoms with Gasteiger partial charge in [-0.2, -0.15) is 0 Å². The van der Waals surface area contributed by atoms with Crippen molar-refractivity contribution in [3.05, 3.63) is 83.0 Å². The lowest BCUT2D eigenvalue weighted by Crippen LogP contribution is -2.49. The standard InChI is InChI=1S/C33H34N2O6/c1-22-19-35(20-23(2)40-22)31(37)21-39-30-12-11-25(17-28(30)24-7-4-3-5-8-24)26-9-6-10-27-29(36)18-32(41-33(26)27)34-13-15-38-16-14-34/h3-12,17-18,22-23H,13-16,19-21H2,1-2H3/t22-,23+. The minimum absolute atomic E-state index is 0.00799. The summed E-state index contributed by atoms with van der Waals surface area (Å²) in [5.74, 6) is 1.09. The second-order valence-corrected chi connectivity index (χ2v) is 10.7. The van der Waals surface area contributed by atoms with Crippen molar-refractivity contribution in [3.63, 3.8) is 0 Å². The van der Waals surface area contributed by atoms with Crippen LogP contribution in [0.15, 0.2) is 82.0 Å². The van der Waals surface area contributed by atoms with Gasteiger partial charge in [-0.25, -0.2) is 0 Å². The van der Waals surface area contributed by atoms with Crippen LogP contribution in [0, 0.1) is 0 Å². The van der Waals surface area contributed by atoms with Gasteiger partial charge in [-0.3, -0.25) is 9.59 Å². The van der Waals surface area contributed by atoms with E-state index in [1.165, 1.54) is 0 Å². The molecule has 0 saturated carbocycles. The molecule has 0 bridgehead atoms. The monoisotopic (exact) mass is 554 g/mol. The van der Waals surface area contributed by atoms with Crippen LogP contribution < -0.4 is 15.1 Å². The molecule has 8 heteroatoms. The zero-order chi connectivity index (χ0) is 28.3. The summed E-state index contributed by atoms with van der Waals surface area (Å²) < 4.78 is 23.8. The Morgan fingerprint density at radius 2 is 1.63 bits per heavy atom. The molecule has 41 heavy (non-hydrogen) atoms. The van der Waals surface area contributed by atoms with Crippen molar-refractivity contribution in [2.45, 2.75) is 26.1 Å². The molecule has 1 amide bonds. The minimum Gasteiger partial charge on any atom is -0.483 e. The summed E-state index contributed by atoms with van der Waals surface area (Å²) in [6, 6.07) is 23.0. The lowest BCUT2D eigenvalue weighted by molar-refractivity contribution is -0.145. The molecule has 3 heterocycles. The summed E-state index contributed by atoms with van der Waals surface area (Å²) in [5, 5.41) is 0.528. The fourth-order valence-electron chi connectivity index (χ4n) is 5.61. The molecule has 2 saturated heterocycles. The average molecular weight is 555 g/mol. The SMILES string of the molecule is C[C@@H]1CN(C(=O)COc2ccc(-c3cccc4c(=O)cc(N5CCOCC5)oc34)cc2-c2ccccc2)C[C@H](C)O1. The Hall–Kier alpha value is -4.14. The van der Waals surface area contributed by atoms with Crippen LogP contribution in [-0.4, -0.2) is 69.0 Å². The molecule has 0 N–H and O–H groups in total. The van der Waals surface area contributed by atoms with Gasteiger partial charge in [0.15, 0.2) is 17.9 Å². The second kappa shape index (κ2) is 11.8. The summed E-state index contributed by atoms with van der Waals surface area (Å²) in [6.07, 6.45) is -0.0160. The number of nitrogens with zero attached hydrogens (tertiary/aromatic N) is 2. The first-order valence-corrected chi connectivity index (χ1v) is 14.1. The first-order chi connectivity index (χ1) is 20.0. The van der Waals surface area contributed by atoms with Gasteiger partial charge in [-0.15, -0.1) is 0 Å². The number of rotatable bonds is 6. The Balaban J connectivity index is 1.35. The predicted octanol–water partition coefficient (Wildman–Crippen LogP) is 4.98. The van der Waals surface area contributed by atoms with Gasteiger partial charge in [0.25, 0.3) is 5.91 Å². The third-order valence-electron chi connectivity index (χ3n) is 7.56. The van der Waals surface area contributed by atoms with E-state index in [1.54, 1.807) is 17.0 Å². The number of carbonyl (C=O) groups is 1. The number of hydrogen-bond acceptors (Lipinski definition) is 7. The maximum Gasteiger partial charge on any atom is 0.260 e. The van der Waals surface area contributed by atoms with E-state index in [2.05, 4.69) is 0 Å². The number of anilines is 1. The molecule has 6 rings (SSSR count). The van der Waals surface area contributed by atoms with Crippen LogP contribution in [0.25, 0.3) is 33.2 Å². The molecule has 212 valence electrons. The van der Waals surface area contributed by atoms with Crippen LogP contribution >= 0.6 is 0 Å². The van der Waals surface area contributed by atoms with E-state index >= 15 is 0 Å². The van der Waals surface area contributed by atoms with E-state index in [4.69, 9.17) is 18.6 Å². The zero-order valence-electron chi connectivity index (χ0n) is 23.4. The maximum atomic E-state index is 13.1. The number of ether oxygens (including phenoxy) is 3. The number of morpholine rings is 2. The quantitative estimate of drug-likeness (QED) is 0.333. The maximum absolute atomic E-state index is 13.1. The van der Waals surface area contributed by atoms with Gasteiger partial charge >= 0.3 is 0 Å². The molecule has 8 nitrogen and oxygen atoms in total. The summed E-state index contributed by atoms with van der Waals surface area (Å²) >= 11 is 0. The van der Waals surface area contributed by atoms with Crippen molar-refractivity contribution in [2.24, 2.45) is 0 Å². The Kier molecular flexibility index (Phi) is 7.76. The van der Waals surface area contributed by atoms with E-state index in [0.717, 1.165) is 22.3 Å². The number of fused-ring (bicyclic) bond motifs is 1. The summed E-state index contributed by atoms with van der Waals surface area (Å²) in [6.45, 7) is 7.51. The highest BCUT2D eigenvalue weighted by Crippen LogP contribution is 2.37. The fraction of sp³-hybridized carbons (Fsp3) is 0.333. The second-order valence-electron chi connectivity index (χ2n) is 10.7. The molecule has 0 aliphatic carbocycles. The predicted molar refractivity (Wildman–Crippen MR) is 158 cm³/mol. The van der Waals surface area contributed by atoms with Gasteiger partial charge in [-0.1, -0.05) is 48.5 Å². The summed E-state index contributed by atoms with van der Waals surface area (Å²) in [7, 11) is 0. The number of carbonyl (C=O) groups excluding carboxylic acids is 1. The van der Waals surface area contributed by atoms with E-state index in [-0.39, 0.29) is 30.2 Å². The van der Waals surface area contributed by atoms with Crippen LogP contribution in [0.5, 0.6) is 5.75 Å². The average Bonchev–Trinajstić information content (AvgIpc) is 3.00. The van der Waals surface area contributed by atoms with Gasteiger partial charge < -0.3 is 28.4 Å². The number of benzene rings is 3. The molecule has 0 spiro atoms. The largest absolute Gasteiger partial charge is 0.483 e. The minimum atomic E-state index is -0.0805. The van der Waals surface area contributed by atoms with Crippen molar-refractivity contribution >= 4 is 22.8 Å². The molecule has 2 aliphatic heterocycles. The molecule has 0 unspecified atom stereocenters. The molecule has 2 atom stereocenters. The molecular formula is C33H34N2O6. The molecule has 4 aromatic rings. The lowest BCUT2D eigenvalue weighted by Gasteiger charge is -2.35. The Bertz CT molecular complexity index is 1580. The Labute approximate surface area is 239 Å². The van der Waals surface area contributed by atoms with Gasteiger partial charge in [0.2, 0.25) is 0 Å². The molecule has 1 aromatic heterocycles. The van der Waals surface area contributed by atoms with Crippen molar-refractivity contribution in [3.8, 4) is 28.0 Å². The van der Waals surface area contributed by atoms with Crippen molar-refractivity contribution in [2.75, 3.05) is 50.9 Å². The van der Waals surface area contributed by atoms with E-state index in [9.17, 15) is 9.59 Å². The smallest absolute Gasteiger partial charge is 0.260 e. The van der Waals surface area contributed by atoms with Gasteiger partial charge in [-0.05, 0) is 43.2 Å². The Morgan fingerprint density at radius 3 is 2.39 bits per heavy atom. The van der Waals surface area contributed by atoms with E-state index in [0.29, 0.717) is 62.0 Å². The number of para-hydroxylation sites is 1. The van der Waals surface area contributed by atoms with Crippen molar-refractivity contribution in [1.29, 1.82) is 0 Å². The van der Waals surface area contributed by atoms with Gasteiger partial charge in [0.1, 0.15) is 11.3 Å². The van der Waals surface area contributed by atoms with E-state index in [1.807, 2.05) is 79.4 Å². The lowest BCUT2D eigenvalue weighted by atomic mass is 9.97. The van der Waals surface area contributed by atoms with Crippen molar-refractivity contribution < 1.29 is 23.4 Å². The topological polar surface area (TPSA) is 81.5 Å². The summed E-state index contributed by atoms with van der Waals surface area (Å²) in [4.78, 5) is 30.0. The van der Waals surface area contributed by atoms with Crippen LogP contribution in [0.2, 0.25) is 0 Å². The molecule has 2 aliphatic rings. The first-order valence-electron chi connectivity index (χ1n) is 14.1. The highest BCUT2D eigenvalue weighted by atomic mass is 16.5. The number of hydrogen-bond donors (Lipinski definition) is 0. The molecule has 3 aromatic carbocycles. The third kappa shape index (κ3) is 5.85. The van der Waals surface area contributed by atoms with E-state index < -0.39 is 0 Å². The van der Waals surface area contributed by atoms with Crippen LogP contribution in [0.1, 0.15) is 13.8 Å². The zero-order valence-corrected chi connectivity index (χ0v) is 23.4. The van der Waals surface area contributed by atoms with Gasteiger partial charge in [0.05, 0.1) is 30.8 Å². The number of amides is 1. The fourth-order valence-corrected chi connectivity index (χ4v) is 5.61. The van der Waals surface area contributed by atoms with Gasteiger partial charge in [0, 0.05) is 43.4 Å². The third-order valence-corrected chi connectivity index (χ3v) is 7.56. The summed E-state index contributed by atoms with van der Waals surface area (Å²) in [5.41, 5.74) is 3.96. The van der Waals surface area contributed by atoms with Crippen LogP contribution in [0.3, 0.4) is 0 Å². The highest BCUT2D eigenvalue weighted by Gasteiger charge is 2.26. The van der Waals surface area contributed by atoms with Crippen LogP contribution in [-0.2, 0) is 14.3 Å². The molecular weight excluding hydrogens is 520 g/mol. The molecule has 0 radical (unpaired) electrons. The van der Waals surface area contributed by atoms with Crippen LogP contribution in [0.4, 0.5) is 5.88 Å². The highest BCUT2D eigenvalue weighted by molar-refractivity contribution is 5.94. The first kappa shape index (κ1) is 27.1. The normalized spacial score (nSPS) is 19.4. The Morgan fingerprint density at radius 1 is 0.878 bits per heavy atom. The molecule has 2 fully saturated rings. The van der Waals surface area contributed by atoms with Crippen molar-refractivity contribution in [1.82, 2.24) is 4.90 Å².